The zero-order chi connectivity index (χ0) is 11.3. The lowest BCUT2D eigenvalue weighted by Gasteiger charge is -2.19. The Balaban J connectivity index is 2.84. The summed E-state index contributed by atoms with van der Waals surface area (Å²) in [4.78, 5) is 24.0. The third kappa shape index (κ3) is 3.09. The van der Waals surface area contributed by atoms with Crippen molar-refractivity contribution in [3.8, 4) is 0 Å². The minimum Gasteiger partial charge on any atom is -0.358 e. The fourth-order valence-corrected chi connectivity index (χ4v) is 1.22. The minimum absolute atomic E-state index is 0.0514. The van der Waals surface area contributed by atoms with Crippen molar-refractivity contribution in [2.75, 3.05) is 18.5 Å². The van der Waals surface area contributed by atoms with Crippen LogP contribution in [0.1, 0.15) is 6.92 Å². The van der Waals surface area contributed by atoms with Crippen LogP contribution in [-0.2, 0) is 9.59 Å². The van der Waals surface area contributed by atoms with Gasteiger partial charge in [-0.05, 0) is 12.1 Å². The Bertz CT molecular complexity index is 349. The molecular formula is C11H14N2O2. The normalized spacial score (nSPS) is 9.47. The molecule has 0 aliphatic rings. The van der Waals surface area contributed by atoms with Crippen molar-refractivity contribution in [2.24, 2.45) is 0 Å². The number of hydrogen-bond donors (Lipinski definition) is 1. The van der Waals surface area contributed by atoms with Gasteiger partial charge >= 0.3 is 0 Å². The van der Waals surface area contributed by atoms with Gasteiger partial charge in [-0.2, -0.15) is 0 Å². The molecule has 1 aromatic carbocycles. The first-order valence-electron chi connectivity index (χ1n) is 4.69. The van der Waals surface area contributed by atoms with Crippen molar-refractivity contribution in [3.63, 3.8) is 0 Å². The van der Waals surface area contributed by atoms with E-state index in [0.29, 0.717) is 0 Å². The fraction of sp³-hybridized carbons (Fsp3) is 0.273. The Morgan fingerprint density at radius 3 is 2.33 bits per heavy atom. The number of nitrogens with zero attached hydrogens (tertiary/aromatic N) is 1. The lowest BCUT2D eigenvalue weighted by Crippen LogP contribution is -2.38. The van der Waals surface area contributed by atoms with Gasteiger partial charge in [0.15, 0.2) is 0 Å². The van der Waals surface area contributed by atoms with E-state index >= 15 is 0 Å². The fourth-order valence-electron chi connectivity index (χ4n) is 1.22. The molecule has 0 radical (unpaired) electrons. The van der Waals surface area contributed by atoms with Gasteiger partial charge in [0.25, 0.3) is 0 Å². The van der Waals surface area contributed by atoms with Gasteiger partial charge < -0.3 is 10.2 Å². The first-order chi connectivity index (χ1) is 7.15. The van der Waals surface area contributed by atoms with Crippen LogP contribution >= 0.6 is 0 Å². The zero-order valence-electron chi connectivity index (χ0n) is 8.86. The number of para-hydroxylation sites is 1. The number of nitrogens with one attached hydrogen (secondary N) is 1. The summed E-state index contributed by atoms with van der Waals surface area (Å²) in [6.45, 7) is 1.49. The molecular weight excluding hydrogens is 192 g/mol. The molecule has 15 heavy (non-hydrogen) atoms. The molecule has 0 bridgehead atoms. The second-order valence-electron chi connectivity index (χ2n) is 3.11. The molecule has 80 valence electrons. The van der Waals surface area contributed by atoms with E-state index in [0.717, 1.165) is 5.69 Å². The summed E-state index contributed by atoms with van der Waals surface area (Å²) in [6.07, 6.45) is 0. The van der Waals surface area contributed by atoms with E-state index in [4.69, 9.17) is 0 Å². The largest absolute Gasteiger partial charge is 0.358 e. The first kappa shape index (κ1) is 11.2. The van der Waals surface area contributed by atoms with Crippen molar-refractivity contribution in [1.29, 1.82) is 0 Å². The van der Waals surface area contributed by atoms with E-state index in [1.54, 1.807) is 19.2 Å². The maximum Gasteiger partial charge on any atom is 0.239 e. The summed E-state index contributed by atoms with van der Waals surface area (Å²) in [5.74, 6) is -0.334. The van der Waals surface area contributed by atoms with E-state index in [1.807, 2.05) is 18.2 Å². The Kier molecular flexibility index (Phi) is 3.85. The highest BCUT2D eigenvalue weighted by Crippen LogP contribution is 2.12. The predicted octanol–water partition coefficient (Wildman–Crippen LogP) is 0.785. The summed E-state index contributed by atoms with van der Waals surface area (Å²) in [5.41, 5.74) is 0.730. The maximum atomic E-state index is 11.3. The van der Waals surface area contributed by atoms with Gasteiger partial charge in [-0.15, -0.1) is 0 Å². The lowest BCUT2D eigenvalue weighted by molar-refractivity contribution is -0.122. The minimum atomic E-state index is -0.186. The molecule has 0 aromatic heterocycles. The molecule has 1 aromatic rings. The maximum absolute atomic E-state index is 11.3. The number of carbonyl (C=O) groups excluding carboxylic acids is 2. The second kappa shape index (κ2) is 5.14. The average molecular weight is 206 g/mol. The molecule has 0 saturated carbocycles. The van der Waals surface area contributed by atoms with E-state index in [9.17, 15) is 9.59 Å². The topological polar surface area (TPSA) is 49.4 Å². The van der Waals surface area contributed by atoms with Crippen LogP contribution in [0.15, 0.2) is 30.3 Å². The van der Waals surface area contributed by atoms with Crippen LogP contribution < -0.4 is 10.2 Å². The van der Waals surface area contributed by atoms with E-state index in [-0.39, 0.29) is 18.4 Å². The smallest absolute Gasteiger partial charge is 0.239 e. The Morgan fingerprint density at radius 2 is 1.87 bits per heavy atom. The molecule has 1 rings (SSSR count). The number of hydrogen-bond acceptors (Lipinski definition) is 2. The molecule has 2 amide bonds. The molecule has 0 fully saturated rings. The molecule has 1 N–H and O–H groups in total. The van der Waals surface area contributed by atoms with Crippen LogP contribution in [0, 0.1) is 0 Å². The molecule has 0 heterocycles. The van der Waals surface area contributed by atoms with Crippen molar-refractivity contribution < 1.29 is 9.59 Å². The number of carbonyl (C=O) groups is 2. The molecule has 4 heteroatoms. The number of benzene rings is 1. The van der Waals surface area contributed by atoms with Crippen LogP contribution in [0.25, 0.3) is 0 Å². The average Bonchev–Trinajstić information content (AvgIpc) is 2.26. The van der Waals surface area contributed by atoms with Crippen LogP contribution in [0.3, 0.4) is 0 Å². The third-order valence-electron chi connectivity index (χ3n) is 2.03. The first-order valence-corrected chi connectivity index (χ1v) is 4.69. The van der Waals surface area contributed by atoms with Crippen molar-refractivity contribution in [3.05, 3.63) is 30.3 Å². The van der Waals surface area contributed by atoms with E-state index in [2.05, 4.69) is 5.32 Å². The van der Waals surface area contributed by atoms with Crippen LogP contribution in [0.2, 0.25) is 0 Å². The van der Waals surface area contributed by atoms with Gasteiger partial charge in [0.1, 0.15) is 6.54 Å². The molecule has 0 aliphatic heterocycles. The third-order valence-corrected chi connectivity index (χ3v) is 2.03. The summed E-state index contributed by atoms with van der Waals surface area (Å²) < 4.78 is 0. The monoisotopic (exact) mass is 206 g/mol. The zero-order valence-corrected chi connectivity index (χ0v) is 8.86. The Morgan fingerprint density at radius 1 is 1.27 bits per heavy atom. The standard InChI is InChI=1S/C11H14N2O2/c1-9(14)13(8-11(15)12-2)10-6-4-3-5-7-10/h3-7H,8H2,1-2H3,(H,12,15). The van der Waals surface area contributed by atoms with Crippen LogP contribution in [0.5, 0.6) is 0 Å². The van der Waals surface area contributed by atoms with Gasteiger partial charge in [0, 0.05) is 19.7 Å². The summed E-state index contributed by atoms with van der Waals surface area (Å²) >= 11 is 0. The highest BCUT2D eigenvalue weighted by atomic mass is 16.2. The Hall–Kier alpha value is -1.84. The SMILES string of the molecule is CNC(=O)CN(C(C)=O)c1ccccc1. The molecule has 0 atom stereocenters. The molecule has 0 spiro atoms. The molecule has 4 nitrogen and oxygen atoms in total. The van der Waals surface area contributed by atoms with E-state index < -0.39 is 0 Å². The number of rotatable bonds is 3. The Labute approximate surface area is 88.9 Å². The van der Waals surface area contributed by atoms with Crippen LogP contribution in [0.4, 0.5) is 5.69 Å². The molecule has 0 aliphatic carbocycles. The van der Waals surface area contributed by atoms with Crippen molar-refractivity contribution in [2.45, 2.75) is 6.92 Å². The molecule has 0 saturated heterocycles. The summed E-state index contributed by atoms with van der Waals surface area (Å²) in [7, 11) is 1.55. The van der Waals surface area contributed by atoms with Gasteiger partial charge in [-0.3, -0.25) is 9.59 Å². The molecule has 0 unspecified atom stereocenters. The quantitative estimate of drug-likeness (QED) is 0.794. The number of amides is 2. The highest BCUT2D eigenvalue weighted by Gasteiger charge is 2.13. The van der Waals surface area contributed by atoms with Gasteiger partial charge in [-0.25, -0.2) is 0 Å². The number of likely N-dealkylation sites (N-methyl/N-ethyl adjacent to an activating group) is 1. The summed E-state index contributed by atoms with van der Waals surface area (Å²) in [5, 5.41) is 2.49. The highest BCUT2D eigenvalue weighted by molar-refractivity contribution is 5.97. The van der Waals surface area contributed by atoms with E-state index in [1.165, 1.54) is 11.8 Å². The van der Waals surface area contributed by atoms with Gasteiger partial charge in [-0.1, -0.05) is 18.2 Å². The van der Waals surface area contributed by atoms with Gasteiger partial charge in [0.05, 0.1) is 0 Å². The van der Waals surface area contributed by atoms with Gasteiger partial charge in [0.2, 0.25) is 11.8 Å². The van der Waals surface area contributed by atoms with Crippen molar-refractivity contribution in [1.82, 2.24) is 5.32 Å². The summed E-state index contributed by atoms with van der Waals surface area (Å²) in [6, 6.07) is 9.11. The van der Waals surface area contributed by atoms with Crippen LogP contribution in [-0.4, -0.2) is 25.4 Å². The lowest BCUT2D eigenvalue weighted by atomic mass is 10.3. The van der Waals surface area contributed by atoms with Crippen molar-refractivity contribution >= 4 is 17.5 Å². The number of anilines is 1. The predicted molar refractivity (Wildman–Crippen MR) is 58.5 cm³/mol. The second-order valence-corrected chi connectivity index (χ2v) is 3.11.